The summed E-state index contributed by atoms with van der Waals surface area (Å²) in [6.45, 7) is 0.801. The van der Waals surface area contributed by atoms with Crippen LogP contribution in [0.1, 0.15) is 12.8 Å². The maximum atomic E-state index is 12.9. The summed E-state index contributed by atoms with van der Waals surface area (Å²) < 4.78 is 16.1. The number of rotatable bonds is 8. The molecule has 0 unspecified atom stereocenters. The molecule has 3 rings (SSSR count). The molecule has 1 amide bonds. The summed E-state index contributed by atoms with van der Waals surface area (Å²) in [5, 5.41) is 0.682. The van der Waals surface area contributed by atoms with Crippen LogP contribution >= 0.6 is 46.5 Å². The Kier molecular flexibility index (Phi) is 8.02. The normalized spacial score (nSPS) is 12.0. The third kappa shape index (κ3) is 5.86. The Morgan fingerprint density at radius 1 is 1.21 bits per heavy atom. The summed E-state index contributed by atoms with van der Waals surface area (Å²) in [5.74, 6) is 1.39. The van der Waals surface area contributed by atoms with Gasteiger partial charge < -0.3 is 4.57 Å². The molecule has 0 atom stereocenters. The molecule has 0 fully saturated rings. The molecule has 0 radical (unpaired) electrons. The summed E-state index contributed by atoms with van der Waals surface area (Å²) >= 11 is 11.0. The number of aryl methyl sites for hydroxylation is 1. The summed E-state index contributed by atoms with van der Waals surface area (Å²) in [4.78, 5) is 18.5. The molecular formula is C20H20ClFN2OS3. The second kappa shape index (κ2) is 10.5. The maximum absolute atomic E-state index is 12.9. The molecule has 148 valence electrons. The van der Waals surface area contributed by atoms with Gasteiger partial charge in [0.2, 0.25) is 5.91 Å². The molecule has 0 spiro atoms. The predicted molar refractivity (Wildman–Crippen MR) is 120 cm³/mol. The van der Waals surface area contributed by atoms with Gasteiger partial charge in [-0.05, 0) is 60.9 Å². The van der Waals surface area contributed by atoms with E-state index in [0.717, 1.165) is 44.4 Å². The zero-order chi connectivity index (χ0) is 19.9. The van der Waals surface area contributed by atoms with E-state index >= 15 is 0 Å². The number of carbonyl (C=O) groups is 1. The van der Waals surface area contributed by atoms with Crippen LogP contribution in [0.15, 0.2) is 52.4 Å². The molecule has 8 heteroatoms. The fraction of sp³-hybridized carbons (Fsp3) is 0.300. The van der Waals surface area contributed by atoms with Crippen molar-refractivity contribution in [3.05, 3.63) is 58.1 Å². The van der Waals surface area contributed by atoms with Gasteiger partial charge in [0.25, 0.3) is 0 Å². The average molecular weight is 455 g/mol. The number of benzene rings is 2. The molecule has 1 heterocycles. The highest BCUT2D eigenvalue weighted by atomic mass is 35.5. The van der Waals surface area contributed by atoms with Crippen LogP contribution in [0.5, 0.6) is 0 Å². The average Bonchev–Trinajstić information content (AvgIpc) is 3.00. The number of aromatic nitrogens is 1. The van der Waals surface area contributed by atoms with Gasteiger partial charge in [0.05, 0.1) is 10.2 Å². The zero-order valence-corrected chi connectivity index (χ0v) is 18.6. The molecule has 0 bridgehead atoms. The maximum Gasteiger partial charge on any atom is 0.248 e. The Morgan fingerprint density at radius 2 is 2.00 bits per heavy atom. The monoisotopic (exact) mass is 454 g/mol. The molecule has 3 nitrogen and oxygen atoms in total. The van der Waals surface area contributed by atoms with E-state index < -0.39 is 0 Å². The minimum absolute atomic E-state index is 0.115. The molecule has 0 N–H and O–H groups in total. The molecule has 0 aliphatic carbocycles. The van der Waals surface area contributed by atoms with Crippen LogP contribution in [-0.2, 0) is 11.3 Å². The fourth-order valence-corrected chi connectivity index (χ4v) is 5.21. The lowest BCUT2D eigenvalue weighted by molar-refractivity contribution is -0.118. The minimum Gasteiger partial charge on any atom is -0.316 e. The number of thioether (sulfide) groups is 2. The quantitative estimate of drug-likeness (QED) is 0.316. The van der Waals surface area contributed by atoms with E-state index in [1.165, 1.54) is 23.5 Å². The van der Waals surface area contributed by atoms with Gasteiger partial charge in [0.1, 0.15) is 5.82 Å². The van der Waals surface area contributed by atoms with Crippen LogP contribution in [0.25, 0.3) is 10.2 Å². The number of fused-ring (bicyclic) bond motifs is 1. The Balaban J connectivity index is 1.66. The number of halogens is 2. The molecule has 2 aromatic carbocycles. The number of carbonyl (C=O) groups excluding carboxylic acids is 1. The second-order valence-electron chi connectivity index (χ2n) is 6.05. The fourth-order valence-electron chi connectivity index (χ4n) is 2.64. The lowest BCUT2D eigenvalue weighted by Crippen LogP contribution is -2.18. The van der Waals surface area contributed by atoms with Crippen molar-refractivity contribution in [1.29, 1.82) is 0 Å². The van der Waals surface area contributed by atoms with Gasteiger partial charge in [0, 0.05) is 28.6 Å². The van der Waals surface area contributed by atoms with Crippen molar-refractivity contribution in [3.63, 3.8) is 0 Å². The summed E-state index contributed by atoms with van der Waals surface area (Å²) in [7, 11) is 0. The van der Waals surface area contributed by atoms with Crippen molar-refractivity contribution in [2.45, 2.75) is 24.3 Å². The van der Waals surface area contributed by atoms with E-state index in [-0.39, 0.29) is 11.7 Å². The lowest BCUT2D eigenvalue weighted by atomic mass is 10.3. The Labute approximate surface area is 181 Å². The van der Waals surface area contributed by atoms with E-state index in [2.05, 4.69) is 15.8 Å². The summed E-state index contributed by atoms with van der Waals surface area (Å²) in [5.41, 5.74) is 1.06. The van der Waals surface area contributed by atoms with Gasteiger partial charge in [-0.1, -0.05) is 22.9 Å². The molecule has 0 aliphatic heterocycles. The largest absolute Gasteiger partial charge is 0.316 e. The van der Waals surface area contributed by atoms with Crippen LogP contribution in [-0.4, -0.2) is 28.2 Å². The van der Waals surface area contributed by atoms with Crippen molar-refractivity contribution in [3.8, 4) is 0 Å². The standard InChI is InChI=1S/C20H20ClFN2OS3/c1-26-12-10-24-17-9-4-14(21)13-18(17)28-20(24)23-19(25)3-2-11-27-16-7-5-15(22)6-8-16/h4-9,13H,2-3,10-12H2,1H3. The first-order valence-electron chi connectivity index (χ1n) is 8.80. The minimum atomic E-state index is -0.238. The molecule has 0 aliphatic rings. The number of hydrogen-bond acceptors (Lipinski definition) is 4. The van der Waals surface area contributed by atoms with Crippen LogP contribution in [0, 0.1) is 5.82 Å². The van der Waals surface area contributed by atoms with E-state index in [0.29, 0.717) is 11.4 Å². The van der Waals surface area contributed by atoms with Gasteiger partial charge in [-0.2, -0.15) is 16.8 Å². The zero-order valence-electron chi connectivity index (χ0n) is 15.4. The highest BCUT2D eigenvalue weighted by Crippen LogP contribution is 2.22. The molecule has 0 saturated carbocycles. The van der Waals surface area contributed by atoms with Gasteiger partial charge in [-0.15, -0.1) is 11.8 Å². The van der Waals surface area contributed by atoms with Gasteiger partial charge >= 0.3 is 0 Å². The SMILES string of the molecule is CSCCn1c(=NC(=O)CCCSc2ccc(F)cc2)sc2cc(Cl)ccc21. The first-order valence-corrected chi connectivity index (χ1v) is 12.4. The van der Waals surface area contributed by atoms with Crippen LogP contribution in [0.4, 0.5) is 4.39 Å². The van der Waals surface area contributed by atoms with E-state index in [4.69, 9.17) is 11.6 Å². The molecule has 28 heavy (non-hydrogen) atoms. The number of nitrogens with zero attached hydrogens (tertiary/aromatic N) is 2. The topological polar surface area (TPSA) is 34.4 Å². The highest BCUT2D eigenvalue weighted by Gasteiger charge is 2.08. The Morgan fingerprint density at radius 3 is 2.75 bits per heavy atom. The molecular weight excluding hydrogens is 435 g/mol. The van der Waals surface area contributed by atoms with Crippen LogP contribution in [0.2, 0.25) is 5.02 Å². The van der Waals surface area contributed by atoms with E-state index in [1.54, 1.807) is 35.7 Å². The Bertz CT molecular complexity index is 1010. The molecule has 1 aromatic heterocycles. The Hall–Kier alpha value is -1.28. The van der Waals surface area contributed by atoms with Crippen LogP contribution < -0.4 is 4.80 Å². The van der Waals surface area contributed by atoms with Gasteiger partial charge in [-0.25, -0.2) is 4.39 Å². The number of thiazole rings is 1. The van der Waals surface area contributed by atoms with Crippen molar-refractivity contribution in [2.24, 2.45) is 4.99 Å². The first-order chi connectivity index (χ1) is 13.6. The third-order valence-electron chi connectivity index (χ3n) is 4.00. The molecule has 0 saturated heterocycles. The highest BCUT2D eigenvalue weighted by molar-refractivity contribution is 7.99. The van der Waals surface area contributed by atoms with E-state index in [1.807, 2.05) is 18.2 Å². The number of amides is 1. The summed E-state index contributed by atoms with van der Waals surface area (Å²) in [6, 6.07) is 12.2. The lowest BCUT2D eigenvalue weighted by Gasteiger charge is -2.04. The predicted octanol–water partition coefficient (Wildman–Crippen LogP) is 5.86. The molecule has 3 aromatic rings. The smallest absolute Gasteiger partial charge is 0.248 e. The second-order valence-corrected chi connectivity index (χ2v) is 9.65. The first kappa shape index (κ1) is 21.4. The van der Waals surface area contributed by atoms with Crippen molar-refractivity contribution < 1.29 is 9.18 Å². The van der Waals surface area contributed by atoms with E-state index in [9.17, 15) is 9.18 Å². The summed E-state index contributed by atoms with van der Waals surface area (Å²) in [6.07, 6.45) is 3.18. The van der Waals surface area contributed by atoms with Crippen molar-refractivity contribution in [2.75, 3.05) is 17.8 Å². The van der Waals surface area contributed by atoms with Crippen LogP contribution in [0.3, 0.4) is 0 Å². The van der Waals surface area contributed by atoms with Gasteiger partial charge in [-0.3, -0.25) is 4.79 Å². The van der Waals surface area contributed by atoms with Crippen molar-refractivity contribution >= 4 is 62.6 Å². The van der Waals surface area contributed by atoms with Gasteiger partial charge in [0.15, 0.2) is 4.80 Å². The number of hydrogen-bond donors (Lipinski definition) is 0. The third-order valence-corrected chi connectivity index (χ3v) is 6.97. The van der Waals surface area contributed by atoms with Crippen molar-refractivity contribution in [1.82, 2.24) is 4.57 Å².